The lowest BCUT2D eigenvalue weighted by Gasteiger charge is -2.10. The summed E-state index contributed by atoms with van der Waals surface area (Å²) in [5.74, 6) is 0.502. The molecule has 2 N–H and O–H groups in total. The van der Waals surface area contributed by atoms with E-state index in [1.807, 2.05) is 72.8 Å². The number of amides is 1. The average Bonchev–Trinajstić information content (AvgIpc) is 3.21. The molecule has 0 spiro atoms. The van der Waals surface area contributed by atoms with Crippen LogP contribution in [-0.2, 0) is 6.54 Å². The predicted molar refractivity (Wildman–Crippen MR) is 128 cm³/mol. The van der Waals surface area contributed by atoms with E-state index in [1.165, 1.54) is 0 Å². The molecule has 1 amide bonds. The van der Waals surface area contributed by atoms with Crippen LogP contribution in [0.2, 0.25) is 5.02 Å². The number of benzene rings is 3. The Kier molecular flexibility index (Phi) is 5.25. The fourth-order valence-corrected chi connectivity index (χ4v) is 4.03. The van der Waals surface area contributed by atoms with Crippen molar-refractivity contribution in [3.8, 4) is 17.0 Å². The van der Waals surface area contributed by atoms with Gasteiger partial charge >= 0.3 is 0 Å². The molecule has 2 heterocycles. The number of carbonyl (C=O) groups is 1. The number of pyridine rings is 1. The normalized spacial score (nSPS) is 11.1. The third-order valence-electron chi connectivity index (χ3n) is 5.49. The predicted octanol–water partition coefficient (Wildman–Crippen LogP) is 5.98. The van der Waals surface area contributed by atoms with Crippen molar-refractivity contribution in [2.75, 3.05) is 7.11 Å². The average molecular weight is 442 g/mol. The number of hydrogen-bond donors (Lipinski definition) is 2. The van der Waals surface area contributed by atoms with E-state index in [0.717, 1.165) is 38.7 Å². The van der Waals surface area contributed by atoms with Gasteiger partial charge in [0.25, 0.3) is 5.91 Å². The lowest BCUT2D eigenvalue weighted by atomic mass is 10.1. The van der Waals surface area contributed by atoms with Gasteiger partial charge in [0.1, 0.15) is 11.4 Å². The summed E-state index contributed by atoms with van der Waals surface area (Å²) in [6, 6.07) is 25.0. The van der Waals surface area contributed by atoms with Gasteiger partial charge in [-0.2, -0.15) is 0 Å². The van der Waals surface area contributed by atoms with Gasteiger partial charge in [0, 0.05) is 33.4 Å². The highest BCUT2D eigenvalue weighted by Crippen LogP contribution is 2.33. The number of aromatic amines is 1. The Labute approximate surface area is 190 Å². The summed E-state index contributed by atoms with van der Waals surface area (Å²) >= 11 is 6.23. The smallest absolute Gasteiger partial charge is 0.270 e. The van der Waals surface area contributed by atoms with Crippen molar-refractivity contribution in [3.63, 3.8) is 0 Å². The molecule has 0 radical (unpaired) electrons. The van der Waals surface area contributed by atoms with Gasteiger partial charge in [0.05, 0.1) is 18.3 Å². The molecule has 0 unspecified atom stereocenters. The van der Waals surface area contributed by atoms with E-state index >= 15 is 0 Å². The number of rotatable bonds is 5. The second-order valence-corrected chi connectivity index (χ2v) is 7.86. The minimum Gasteiger partial charge on any atom is -0.497 e. The highest BCUT2D eigenvalue weighted by atomic mass is 35.5. The summed E-state index contributed by atoms with van der Waals surface area (Å²) in [6.45, 7) is 0.323. The van der Waals surface area contributed by atoms with Crippen molar-refractivity contribution in [1.82, 2.24) is 15.3 Å². The fourth-order valence-electron chi connectivity index (χ4n) is 3.83. The number of nitrogens with one attached hydrogen (secondary N) is 2. The highest BCUT2D eigenvalue weighted by molar-refractivity contribution is 6.31. The highest BCUT2D eigenvalue weighted by Gasteiger charge is 2.17. The number of aromatic nitrogens is 2. The number of ether oxygens (including phenoxy) is 1. The number of hydrogen-bond acceptors (Lipinski definition) is 3. The van der Waals surface area contributed by atoms with Gasteiger partial charge in [-0.1, -0.05) is 48.0 Å². The van der Waals surface area contributed by atoms with Crippen molar-refractivity contribution in [2.24, 2.45) is 0 Å². The summed E-state index contributed by atoms with van der Waals surface area (Å²) in [4.78, 5) is 21.3. The van der Waals surface area contributed by atoms with Gasteiger partial charge in [-0.3, -0.25) is 4.79 Å². The zero-order valence-corrected chi connectivity index (χ0v) is 18.1. The molecule has 0 aliphatic heterocycles. The van der Waals surface area contributed by atoms with Crippen molar-refractivity contribution in [1.29, 1.82) is 0 Å². The van der Waals surface area contributed by atoms with Crippen LogP contribution in [0.1, 0.15) is 16.1 Å². The first-order chi connectivity index (χ1) is 15.6. The van der Waals surface area contributed by atoms with Crippen molar-refractivity contribution < 1.29 is 9.53 Å². The second kappa shape index (κ2) is 8.36. The molecular weight excluding hydrogens is 422 g/mol. The van der Waals surface area contributed by atoms with Crippen LogP contribution in [0.5, 0.6) is 5.75 Å². The third-order valence-corrected chi connectivity index (χ3v) is 5.86. The van der Waals surface area contributed by atoms with E-state index in [1.54, 1.807) is 13.2 Å². The largest absolute Gasteiger partial charge is 0.497 e. The molecule has 5 aromatic rings. The van der Waals surface area contributed by atoms with Crippen LogP contribution >= 0.6 is 11.6 Å². The van der Waals surface area contributed by atoms with E-state index in [-0.39, 0.29) is 5.91 Å². The number of H-pyrrole nitrogens is 1. The second-order valence-electron chi connectivity index (χ2n) is 7.45. The summed E-state index contributed by atoms with van der Waals surface area (Å²) in [5, 5.41) is 5.55. The van der Waals surface area contributed by atoms with E-state index in [0.29, 0.717) is 23.0 Å². The van der Waals surface area contributed by atoms with Crippen LogP contribution in [0.3, 0.4) is 0 Å². The van der Waals surface area contributed by atoms with Crippen LogP contribution in [-0.4, -0.2) is 23.0 Å². The first kappa shape index (κ1) is 20.1. The lowest BCUT2D eigenvalue weighted by Crippen LogP contribution is -2.24. The molecule has 32 heavy (non-hydrogen) atoms. The Morgan fingerprint density at radius 2 is 1.75 bits per heavy atom. The maximum Gasteiger partial charge on any atom is 0.270 e. The SMILES string of the molecule is COc1ccc(-c2nc(C(=O)NCc3ccccc3Cl)cc3c2[nH]c2ccccc23)cc1. The molecule has 0 saturated heterocycles. The summed E-state index contributed by atoms with van der Waals surface area (Å²) in [6.07, 6.45) is 0. The number of para-hydroxylation sites is 1. The molecule has 6 heteroatoms. The molecule has 0 fully saturated rings. The third kappa shape index (κ3) is 3.67. The zero-order chi connectivity index (χ0) is 22.1. The fraction of sp³-hybridized carbons (Fsp3) is 0.0769. The number of nitrogens with zero attached hydrogens (tertiary/aromatic N) is 1. The molecule has 0 bridgehead atoms. The molecule has 0 saturated carbocycles. The summed E-state index contributed by atoms with van der Waals surface area (Å²) in [7, 11) is 1.63. The number of methoxy groups -OCH3 is 1. The molecule has 0 aliphatic carbocycles. The Morgan fingerprint density at radius 3 is 2.53 bits per heavy atom. The van der Waals surface area contributed by atoms with Crippen molar-refractivity contribution >= 4 is 39.3 Å². The summed E-state index contributed by atoms with van der Waals surface area (Å²) in [5.41, 5.74) is 4.69. The Bertz CT molecular complexity index is 1440. The standard InChI is InChI=1S/C26H20ClN3O2/c1-32-18-12-10-16(11-13-18)24-25-20(19-7-3-5-9-22(19)29-25)14-23(30-24)26(31)28-15-17-6-2-4-8-21(17)27/h2-14,29H,15H2,1H3,(H,28,31). The van der Waals surface area contributed by atoms with Crippen LogP contribution in [0.15, 0.2) is 78.9 Å². The number of carbonyl (C=O) groups excluding carboxylic acids is 1. The molecule has 5 rings (SSSR count). The van der Waals surface area contributed by atoms with Crippen molar-refractivity contribution in [2.45, 2.75) is 6.54 Å². The topological polar surface area (TPSA) is 67.0 Å². The number of fused-ring (bicyclic) bond motifs is 3. The molecule has 2 aromatic heterocycles. The van der Waals surface area contributed by atoms with E-state index in [4.69, 9.17) is 21.3 Å². The van der Waals surface area contributed by atoms with Crippen LogP contribution in [0, 0.1) is 0 Å². The molecule has 158 valence electrons. The molecule has 5 nitrogen and oxygen atoms in total. The first-order valence-corrected chi connectivity index (χ1v) is 10.6. The van der Waals surface area contributed by atoms with Gasteiger partial charge in [-0.05, 0) is 48.0 Å². The van der Waals surface area contributed by atoms with Gasteiger partial charge < -0.3 is 15.0 Å². The lowest BCUT2D eigenvalue weighted by molar-refractivity contribution is 0.0946. The molecule has 0 aliphatic rings. The Balaban J connectivity index is 1.60. The van der Waals surface area contributed by atoms with E-state index in [9.17, 15) is 4.79 Å². The summed E-state index contributed by atoms with van der Waals surface area (Å²) < 4.78 is 5.28. The zero-order valence-electron chi connectivity index (χ0n) is 17.4. The number of halogens is 1. The Hall–Kier alpha value is -3.83. The monoisotopic (exact) mass is 441 g/mol. The minimum absolute atomic E-state index is 0.258. The van der Waals surface area contributed by atoms with Crippen LogP contribution in [0.4, 0.5) is 0 Å². The van der Waals surface area contributed by atoms with Gasteiger partial charge in [-0.25, -0.2) is 4.98 Å². The maximum absolute atomic E-state index is 13.1. The van der Waals surface area contributed by atoms with Crippen LogP contribution < -0.4 is 10.1 Å². The quantitative estimate of drug-likeness (QED) is 0.353. The van der Waals surface area contributed by atoms with Gasteiger partial charge in [-0.15, -0.1) is 0 Å². The molecule has 3 aromatic carbocycles. The molecular formula is C26H20ClN3O2. The van der Waals surface area contributed by atoms with Gasteiger partial charge in [0.15, 0.2) is 0 Å². The maximum atomic E-state index is 13.1. The minimum atomic E-state index is -0.258. The molecule has 0 atom stereocenters. The Morgan fingerprint density at radius 1 is 1.00 bits per heavy atom. The first-order valence-electron chi connectivity index (χ1n) is 10.2. The van der Waals surface area contributed by atoms with E-state index in [2.05, 4.69) is 10.3 Å². The van der Waals surface area contributed by atoms with Crippen molar-refractivity contribution in [3.05, 3.63) is 95.1 Å². The van der Waals surface area contributed by atoms with Gasteiger partial charge in [0.2, 0.25) is 0 Å². The van der Waals surface area contributed by atoms with E-state index < -0.39 is 0 Å². The van der Waals surface area contributed by atoms with Crippen LogP contribution in [0.25, 0.3) is 33.1 Å².